The summed E-state index contributed by atoms with van der Waals surface area (Å²) < 4.78 is 5.93. The molecule has 0 aliphatic carbocycles. The number of nitriles is 1. The summed E-state index contributed by atoms with van der Waals surface area (Å²) in [4.78, 5) is 0. The van der Waals surface area contributed by atoms with Crippen LogP contribution in [0.5, 0.6) is 5.75 Å². The molecule has 0 saturated heterocycles. The minimum Gasteiger partial charge on any atom is -0.485 e. The van der Waals surface area contributed by atoms with Gasteiger partial charge < -0.3 is 15.2 Å². The van der Waals surface area contributed by atoms with E-state index in [0.717, 1.165) is 24.3 Å². The molecule has 0 bridgehead atoms. The Morgan fingerprint density at radius 2 is 1.96 bits per heavy atom. The summed E-state index contributed by atoms with van der Waals surface area (Å²) >= 11 is 0. The van der Waals surface area contributed by atoms with Crippen LogP contribution in [0.4, 0.5) is 0 Å². The van der Waals surface area contributed by atoms with Crippen LogP contribution in [0.1, 0.15) is 36.6 Å². The van der Waals surface area contributed by atoms with E-state index in [9.17, 15) is 5.11 Å². The van der Waals surface area contributed by atoms with Gasteiger partial charge in [0.05, 0.1) is 17.7 Å². The third kappa shape index (κ3) is 3.28. The number of ether oxygens (including phenoxy) is 1. The Bertz CT molecular complexity index is 750. The van der Waals surface area contributed by atoms with Gasteiger partial charge in [-0.3, -0.25) is 0 Å². The van der Waals surface area contributed by atoms with Gasteiger partial charge in [0, 0.05) is 5.56 Å². The summed E-state index contributed by atoms with van der Waals surface area (Å²) in [5, 5.41) is 23.3. The van der Waals surface area contributed by atoms with E-state index in [1.165, 1.54) is 5.56 Å². The SMILES string of the molecule is CC1(C)Oc2ccc(C#N)cc2[C@H](NCCc2ccccc2)[C@H]1O. The van der Waals surface area contributed by atoms with Crippen molar-refractivity contribution in [3.8, 4) is 11.8 Å². The van der Waals surface area contributed by atoms with Crippen molar-refractivity contribution in [2.24, 2.45) is 0 Å². The summed E-state index contributed by atoms with van der Waals surface area (Å²) in [6.07, 6.45) is 0.174. The normalized spacial score (nSPS) is 21.4. The molecular formula is C20H22N2O2. The second-order valence-corrected chi connectivity index (χ2v) is 6.68. The van der Waals surface area contributed by atoms with Crippen LogP contribution in [-0.4, -0.2) is 23.4 Å². The fourth-order valence-electron chi connectivity index (χ4n) is 3.11. The van der Waals surface area contributed by atoms with Crippen molar-refractivity contribution >= 4 is 0 Å². The molecule has 124 valence electrons. The fraction of sp³-hybridized carbons (Fsp3) is 0.350. The third-order valence-corrected chi connectivity index (χ3v) is 4.50. The van der Waals surface area contributed by atoms with Crippen molar-refractivity contribution < 1.29 is 9.84 Å². The van der Waals surface area contributed by atoms with Crippen LogP contribution in [0.25, 0.3) is 0 Å². The van der Waals surface area contributed by atoms with Gasteiger partial charge in [-0.05, 0) is 50.6 Å². The molecule has 0 unspecified atom stereocenters. The smallest absolute Gasteiger partial charge is 0.131 e. The number of rotatable bonds is 4. The van der Waals surface area contributed by atoms with Gasteiger partial charge in [-0.15, -0.1) is 0 Å². The van der Waals surface area contributed by atoms with Gasteiger partial charge in [0.25, 0.3) is 0 Å². The lowest BCUT2D eigenvalue weighted by Gasteiger charge is -2.42. The van der Waals surface area contributed by atoms with Crippen LogP contribution < -0.4 is 10.1 Å². The average Bonchev–Trinajstić information content (AvgIpc) is 2.58. The van der Waals surface area contributed by atoms with Crippen molar-refractivity contribution in [3.63, 3.8) is 0 Å². The maximum atomic E-state index is 10.7. The predicted octanol–water partition coefficient (Wildman–Crippen LogP) is 2.96. The van der Waals surface area contributed by atoms with E-state index in [4.69, 9.17) is 10.00 Å². The third-order valence-electron chi connectivity index (χ3n) is 4.50. The van der Waals surface area contributed by atoms with E-state index >= 15 is 0 Å². The molecule has 1 aliphatic heterocycles. The van der Waals surface area contributed by atoms with E-state index < -0.39 is 11.7 Å². The highest BCUT2D eigenvalue weighted by Gasteiger charge is 2.42. The van der Waals surface area contributed by atoms with Gasteiger partial charge in [0.1, 0.15) is 17.5 Å². The molecule has 3 rings (SSSR count). The van der Waals surface area contributed by atoms with E-state index in [1.54, 1.807) is 12.1 Å². The minimum atomic E-state index is -0.699. The number of fused-ring (bicyclic) bond motifs is 1. The second-order valence-electron chi connectivity index (χ2n) is 6.68. The molecule has 0 aromatic heterocycles. The molecule has 0 radical (unpaired) electrons. The molecule has 4 heteroatoms. The highest BCUT2D eigenvalue weighted by Crippen LogP contribution is 2.40. The van der Waals surface area contributed by atoms with Crippen LogP contribution in [0.3, 0.4) is 0 Å². The average molecular weight is 322 g/mol. The molecule has 2 atom stereocenters. The van der Waals surface area contributed by atoms with Crippen molar-refractivity contribution in [3.05, 3.63) is 65.2 Å². The zero-order chi connectivity index (χ0) is 17.2. The second kappa shape index (κ2) is 6.64. The van der Waals surface area contributed by atoms with E-state index in [1.807, 2.05) is 38.1 Å². The number of benzene rings is 2. The van der Waals surface area contributed by atoms with Crippen molar-refractivity contribution in [1.29, 1.82) is 5.26 Å². The first kappa shape index (κ1) is 16.5. The zero-order valence-electron chi connectivity index (χ0n) is 14.0. The van der Waals surface area contributed by atoms with Gasteiger partial charge in [0.15, 0.2) is 0 Å². The zero-order valence-corrected chi connectivity index (χ0v) is 14.0. The molecule has 2 aromatic rings. The van der Waals surface area contributed by atoms with Crippen LogP contribution in [0.2, 0.25) is 0 Å². The summed E-state index contributed by atoms with van der Waals surface area (Å²) in [5.74, 6) is 0.724. The van der Waals surface area contributed by atoms with E-state index in [2.05, 4.69) is 23.5 Å². The maximum Gasteiger partial charge on any atom is 0.131 e. The molecule has 1 aliphatic rings. The molecule has 1 heterocycles. The first-order chi connectivity index (χ1) is 11.5. The van der Waals surface area contributed by atoms with Crippen molar-refractivity contribution in [2.75, 3.05) is 6.54 Å². The molecule has 0 amide bonds. The summed E-state index contributed by atoms with van der Waals surface area (Å²) in [7, 11) is 0. The van der Waals surface area contributed by atoms with Gasteiger partial charge in [-0.1, -0.05) is 30.3 Å². The van der Waals surface area contributed by atoms with Gasteiger partial charge in [0.2, 0.25) is 0 Å². The van der Waals surface area contributed by atoms with Crippen molar-refractivity contribution in [2.45, 2.75) is 38.0 Å². The molecule has 4 nitrogen and oxygen atoms in total. The topological polar surface area (TPSA) is 65.3 Å². The highest BCUT2D eigenvalue weighted by atomic mass is 16.5. The fourth-order valence-corrected chi connectivity index (χ4v) is 3.11. The molecule has 0 fully saturated rings. The van der Waals surface area contributed by atoms with Crippen molar-refractivity contribution in [1.82, 2.24) is 5.32 Å². The lowest BCUT2D eigenvalue weighted by atomic mass is 9.86. The molecule has 0 spiro atoms. The Hall–Kier alpha value is -2.35. The number of hydrogen-bond acceptors (Lipinski definition) is 4. The Labute approximate surface area is 142 Å². The van der Waals surface area contributed by atoms with E-state index in [-0.39, 0.29) is 6.04 Å². The predicted molar refractivity (Wildman–Crippen MR) is 92.8 cm³/mol. The Balaban J connectivity index is 1.81. The number of aliphatic hydroxyl groups is 1. The molecule has 0 saturated carbocycles. The first-order valence-corrected chi connectivity index (χ1v) is 8.20. The number of hydrogen-bond donors (Lipinski definition) is 2. The summed E-state index contributed by atoms with van der Waals surface area (Å²) in [5.41, 5.74) is 1.97. The lowest BCUT2D eigenvalue weighted by molar-refractivity contribution is -0.0644. The van der Waals surface area contributed by atoms with Crippen LogP contribution in [-0.2, 0) is 6.42 Å². The molecule has 2 aromatic carbocycles. The Morgan fingerprint density at radius 3 is 2.67 bits per heavy atom. The van der Waals surface area contributed by atoms with E-state index in [0.29, 0.717) is 5.56 Å². The largest absolute Gasteiger partial charge is 0.485 e. The quantitative estimate of drug-likeness (QED) is 0.908. The number of nitrogens with zero attached hydrogens (tertiary/aromatic N) is 1. The minimum absolute atomic E-state index is 0.263. The lowest BCUT2D eigenvalue weighted by Crippen LogP contribution is -2.52. The molecule has 24 heavy (non-hydrogen) atoms. The maximum absolute atomic E-state index is 10.7. The van der Waals surface area contributed by atoms with Gasteiger partial charge in [-0.25, -0.2) is 0 Å². The van der Waals surface area contributed by atoms with Crippen LogP contribution >= 0.6 is 0 Å². The summed E-state index contributed by atoms with van der Waals surface area (Å²) in [6.45, 7) is 4.49. The monoisotopic (exact) mass is 322 g/mol. The first-order valence-electron chi connectivity index (χ1n) is 8.20. The molecule has 2 N–H and O–H groups in total. The Kier molecular flexibility index (Phi) is 4.57. The Morgan fingerprint density at radius 1 is 1.21 bits per heavy atom. The highest BCUT2D eigenvalue weighted by molar-refractivity contribution is 5.46. The van der Waals surface area contributed by atoms with Gasteiger partial charge >= 0.3 is 0 Å². The van der Waals surface area contributed by atoms with Gasteiger partial charge in [-0.2, -0.15) is 5.26 Å². The molecular weight excluding hydrogens is 300 g/mol. The van der Waals surface area contributed by atoms with Crippen LogP contribution in [0, 0.1) is 11.3 Å². The standard InChI is InChI=1S/C20H22N2O2/c1-20(2)19(23)18(22-11-10-14-6-4-3-5-7-14)16-12-15(13-21)8-9-17(16)24-20/h3-9,12,18-19,22-23H,10-11H2,1-2H3/t18-,19+/m0/s1. The number of aliphatic hydroxyl groups excluding tert-OH is 1. The number of nitrogens with one attached hydrogen (secondary N) is 1. The summed E-state index contributed by atoms with van der Waals surface area (Å²) in [6, 6.07) is 17.5. The van der Waals surface area contributed by atoms with Crippen LogP contribution in [0.15, 0.2) is 48.5 Å².